The maximum Gasteiger partial charge on any atom is 0.273 e. The Kier molecular flexibility index (Phi) is 3.30. The average molecular weight is 304 g/mol. The Labute approximate surface area is 134 Å². The second kappa shape index (κ2) is 5.47. The minimum atomic E-state index is -0.151. The number of benzene rings is 1. The fraction of sp³-hybridized carbons (Fsp3) is 0.211. The number of hydrogen-bond donors (Lipinski definition) is 1. The molecule has 2 heterocycles. The van der Waals surface area contributed by atoms with E-state index in [0.29, 0.717) is 12.8 Å². The van der Waals surface area contributed by atoms with Gasteiger partial charge in [-0.15, -0.1) is 0 Å². The zero-order valence-corrected chi connectivity index (χ0v) is 12.6. The lowest BCUT2D eigenvalue weighted by molar-refractivity contribution is -0.116. The zero-order chi connectivity index (χ0) is 15.8. The van der Waals surface area contributed by atoms with Gasteiger partial charge in [0.25, 0.3) is 5.91 Å². The number of nitrogens with zero attached hydrogens (tertiary/aromatic N) is 1. The van der Waals surface area contributed by atoms with E-state index in [1.54, 1.807) is 0 Å². The molecular weight excluding hydrogens is 288 g/mol. The molecule has 23 heavy (non-hydrogen) atoms. The molecule has 1 N–H and O–H groups in total. The van der Waals surface area contributed by atoms with Gasteiger partial charge in [0.1, 0.15) is 0 Å². The highest BCUT2D eigenvalue weighted by Gasteiger charge is 2.22. The van der Waals surface area contributed by atoms with Crippen LogP contribution in [0.4, 0.5) is 5.69 Å². The molecule has 0 radical (unpaired) electrons. The van der Waals surface area contributed by atoms with Crippen molar-refractivity contribution in [2.75, 3.05) is 5.32 Å². The maximum absolute atomic E-state index is 12.2. The smallest absolute Gasteiger partial charge is 0.273 e. The van der Waals surface area contributed by atoms with Crippen LogP contribution in [0.2, 0.25) is 0 Å². The van der Waals surface area contributed by atoms with Crippen LogP contribution >= 0.6 is 0 Å². The highest BCUT2D eigenvalue weighted by atomic mass is 16.2. The summed E-state index contributed by atoms with van der Waals surface area (Å²) < 4.78 is 0. The third-order valence-corrected chi connectivity index (χ3v) is 4.38. The van der Waals surface area contributed by atoms with Gasteiger partial charge < -0.3 is 5.32 Å². The van der Waals surface area contributed by atoms with Crippen molar-refractivity contribution >= 4 is 23.2 Å². The van der Waals surface area contributed by atoms with Gasteiger partial charge in [-0.1, -0.05) is 36.4 Å². The summed E-state index contributed by atoms with van der Waals surface area (Å²) in [6.45, 7) is 0. The van der Waals surface area contributed by atoms with Crippen molar-refractivity contribution in [1.29, 1.82) is 0 Å². The lowest BCUT2D eigenvalue weighted by Crippen LogP contribution is -2.21. The van der Waals surface area contributed by atoms with Gasteiger partial charge in [0.15, 0.2) is 0 Å². The van der Waals surface area contributed by atoms with Crippen molar-refractivity contribution in [3.05, 3.63) is 65.3 Å². The van der Waals surface area contributed by atoms with Gasteiger partial charge in [-0.3, -0.25) is 9.59 Å². The predicted octanol–water partition coefficient (Wildman–Crippen LogP) is 2.76. The summed E-state index contributed by atoms with van der Waals surface area (Å²) >= 11 is 0. The first-order valence-corrected chi connectivity index (χ1v) is 7.79. The quantitative estimate of drug-likeness (QED) is 0.913. The molecule has 3 aliphatic rings. The molecule has 1 aliphatic carbocycles. The van der Waals surface area contributed by atoms with E-state index >= 15 is 0 Å². The van der Waals surface area contributed by atoms with Crippen molar-refractivity contribution < 1.29 is 9.59 Å². The van der Waals surface area contributed by atoms with Gasteiger partial charge in [0.05, 0.1) is 5.71 Å². The number of carbonyl (C=O) groups is 2. The van der Waals surface area contributed by atoms with Crippen molar-refractivity contribution in [3.8, 4) is 0 Å². The number of fused-ring (bicyclic) bond motifs is 2. The number of aryl methyl sites for hydroxylation is 1. The Morgan fingerprint density at radius 3 is 3.00 bits per heavy atom. The van der Waals surface area contributed by atoms with Gasteiger partial charge in [-0.2, -0.15) is 0 Å². The van der Waals surface area contributed by atoms with Crippen LogP contribution in [0.15, 0.2) is 59.1 Å². The topological polar surface area (TPSA) is 58.5 Å². The maximum atomic E-state index is 12.2. The van der Waals surface area contributed by atoms with Crippen LogP contribution in [-0.2, 0) is 22.4 Å². The molecule has 1 atom stereocenters. The minimum Gasteiger partial charge on any atom is -0.326 e. The molecule has 1 aromatic rings. The Balaban J connectivity index is 1.58. The zero-order valence-electron chi connectivity index (χ0n) is 12.6. The van der Waals surface area contributed by atoms with E-state index < -0.39 is 0 Å². The van der Waals surface area contributed by atoms with E-state index in [0.717, 1.165) is 34.5 Å². The molecule has 0 saturated heterocycles. The Morgan fingerprint density at radius 1 is 1.17 bits per heavy atom. The number of nitrogens with one attached hydrogen (secondary N) is 1. The molecule has 4 nitrogen and oxygen atoms in total. The molecule has 4 heteroatoms. The highest BCUT2D eigenvalue weighted by molar-refractivity contribution is 6.13. The van der Waals surface area contributed by atoms with Gasteiger partial charge in [0, 0.05) is 30.0 Å². The predicted molar refractivity (Wildman–Crippen MR) is 89.4 cm³/mol. The van der Waals surface area contributed by atoms with Crippen LogP contribution in [0, 0.1) is 5.92 Å². The van der Waals surface area contributed by atoms with Gasteiger partial charge in [-0.05, 0) is 29.7 Å². The highest BCUT2D eigenvalue weighted by Crippen LogP contribution is 2.26. The van der Waals surface area contributed by atoms with Crippen molar-refractivity contribution in [2.24, 2.45) is 10.9 Å². The van der Waals surface area contributed by atoms with Crippen LogP contribution in [-0.4, -0.2) is 17.5 Å². The van der Waals surface area contributed by atoms with Gasteiger partial charge in [0.2, 0.25) is 5.91 Å². The Hall–Kier alpha value is -2.75. The number of aliphatic imine (C=N–C) groups is 1. The normalized spacial score (nSPS) is 22.0. The van der Waals surface area contributed by atoms with Crippen LogP contribution in [0.25, 0.3) is 0 Å². The number of rotatable bonds is 2. The largest absolute Gasteiger partial charge is 0.326 e. The first kappa shape index (κ1) is 13.9. The second-order valence-corrected chi connectivity index (χ2v) is 6.02. The lowest BCUT2D eigenvalue weighted by atomic mass is 9.90. The van der Waals surface area contributed by atoms with Crippen molar-refractivity contribution in [1.82, 2.24) is 0 Å². The van der Waals surface area contributed by atoms with Crippen molar-refractivity contribution in [2.45, 2.75) is 19.3 Å². The number of dihydropyridines is 1. The number of anilines is 1. The Bertz CT molecular complexity index is 828. The molecule has 114 valence electrons. The molecule has 0 saturated carbocycles. The van der Waals surface area contributed by atoms with Crippen LogP contribution < -0.4 is 5.32 Å². The summed E-state index contributed by atoms with van der Waals surface area (Å²) in [5.41, 5.74) is 4.65. The molecule has 1 unspecified atom stereocenters. The molecule has 2 amide bonds. The van der Waals surface area contributed by atoms with Crippen LogP contribution in [0.1, 0.15) is 17.5 Å². The summed E-state index contributed by atoms with van der Waals surface area (Å²) in [6, 6.07) is 5.97. The van der Waals surface area contributed by atoms with Gasteiger partial charge >= 0.3 is 0 Å². The summed E-state index contributed by atoms with van der Waals surface area (Å²) in [6.07, 6.45) is 11.7. The molecule has 0 aromatic heterocycles. The van der Waals surface area contributed by atoms with Crippen LogP contribution in [0.3, 0.4) is 0 Å². The molecule has 0 fully saturated rings. The van der Waals surface area contributed by atoms with Crippen molar-refractivity contribution in [3.63, 3.8) is 0 Å². The minimum absolute atomic E-state index is 0.0643. The molecular formula is C19H16N2O2. The van der Waals surface area contributed by atoms with Gasteiger partial charge in [-0.25, -0.2) is 4.99 Å². The number of amides is 2. The molecule has 0 spiro atoms. The lowest BCUT2D eigenvalue weighted by Gasteiger charge is -2.20. The van der Waals surface area contributed by atoms with E-state index in [2.05, 4.69) is 16.4 Å². The van der Waals surface area contributed by atoms with Crippen LogP contribution in [0.5, 0.6) is 0 Å². The molecule has 1 aromatic carbocycles. The molecule has 4 rings (SSSR count). The van der Waals surface area contributed by atoms with E-state index in [1.165, 1.54) is 0 Å². The first-order valence-electron chi connectivity index (χ1n) is 7.79. The monoisotopic (exact) mass is 304 g/mol. The summed E-state index contributed by atoms with van der Waals surface area (Å²) in [4.78, 5) is 27.8. The number of allylic oxidation sites excluding steroid dienone is 5. The Morgan fingerprint density at radius 2 is 2.09 bits per heavy atom. The van der Waals surface area contributed by atoms with E-state index in [4.69, 9.17) is 0 Å². The standard InChI is InChI=1S/C19H16N2O2/c22-18-8-6-14-9-12(5-7-17(14)20-18)10-15-11-13-3-1-2-4-16(13)21-19(15)23/h1-5,7,9,11,13H,6,8,10H2,(H,20,22). The summed E-state index contributed by atoms with van der Waals surface area (Å²) in [7, 11) is 0. The fourth-order valence-electron chi connectivity index (χ4n) is 3.18. The summed E-state index contributed by atoms with van der Waals surface area (Å²) in [5, 5.41) is 2.88. The molecule has 0 bridgehead atoms. The van der Waals surface area contributed by atoms with E-state index in [1.807, 2.05) is 42.5 Å². The summed E-state index contributed by atoms with van der Waals surface area (Å²) in [5.74, 6) is 0.0151. The van der Waals surface area contributed by atoms with E-state index in [9.17, 15) is 9.59 Å². The third kappa shape index (κ3) is 2.68. The number of carbonyl (C=O) groups excluding carboxylic acids is 2. The number of hydrogen-bond acceptors (Lipinski definition) is 2. The third-order valence-electron chi connectivity index (χ3n) is 4.38. The average Bonchev–Trinajstić information content (AvgIpc) is 2.56. The second-order valence-electron chi connectivity index (χ2n) is 6.02. The molecule has 2 aliphatic heterocycles. The first-order chi connectivity index (χ1) is 11.2. The SMILES string of the molecule is O=C1CCc2cc(CC3=CC4C=CC=CC4=NC3=O)ccc2N1. The van der Waals surface area contributed by atoms with E-state index in [-0.39, 0.29) is 17.7 Å². The fourth-order valence-corrected chi connectivity index (χ4v) is 3.18.